The molecule has 0 saturated heterocycles. The third-order valence-corrected chi connectivity index (χ3v) is 2.27. The summed E-state index contributed by atoms with van der Waals surface area (Å²) in [6, 6.07) is 6.56. The van der Waals surface area contributed by atoms with Crippen LogP contribution < -0.4 is 5.23 Å². The molecule has 0 bridgehead atoms. The number of pyridine rings is 1. The van der Waals surface area contributed by atoms with E-state index < -0.39 is 5.23 Å². The molecule has 0 radical (unpaired) electrons. The molecule has 1 heterocycles. The first-order valence-corrected chi connectivity index (χ1v) is 4.34. The second-order valence-corrected chi connectivity index (χ2v) is 3.20. The van der Waals surface area contributed by atoms with Crippen LogP contribution in [0.2, 0.25) is 5.15 Å². The average Bonchev–Trinajstić information content (AvgIpc) is 2.18. The maximum atomic E-state index is 10.7. The van der Waals surface area contributed by atoms with E-state index in [9.17, 15) is 5.21 Å². The largest absolute Gasteiger partial charge is 0.595 e. The van der Waals surface area contributed by atoms with E-state index in [-0.39, 0.29) is 5.69 Å². The first-order chi connectivity index (χ1) is 6.68. The van der Waals surface area contributed by atoms with Crippen molar-refractivity contribution in [3.05, 3.63) is 40.8 Å². The zero-order chi connectivity index (χ0) is 10.1. The Morgan fingerprint density at radius 3 is 2.86 bits per heavy atom. The monoisotopic (exact) mass is 210 g/mol. The fourth-order valence-electron chi connectivity index (χ4n) is 1.27. The lowest BCUT2D eigenvalue weighted by molar-refractivity contribution is -0.991. The second kappa shape index (κ2) is 3.51. The molecule has 0 fully saturated rings. The highest BCUT2D eigenvalue weighted by Gasteiger charge is 2.04. The van der Waals surface area contributed by atoms with E-state index in [0.717, 1.165) is 5.39 Å². The summed E-state index contributed by atoms with van der Waals surface area (Å²) in [4.78, 5) is 3.88. The van der Waals surface area contributed by atoms with Gasteiger partial charge in [0.15, 0.2) is 5.69 Å². The van der Waals surface area contributed by atoms with Crippen molar-refractivity contribution < 1.29 is 10.4 Å². The Kier molecular flexibility index (Phi) is 2.35. The molecule has 0 aliphatic heterocycles. The van der Waals surface area contributed by atoms with Crippen molar-refractivity contribution >= 4 is 28.1 Å². The summed E-state index contributed by atoms with van der Waals surface area (Å²) in [5, 5.41) is 20.4. The molecule has 72 valence electrons. The molecular weight excluding hydrogens is 204 g/mol. The molecule has 0 spiro atoms. The van der Waals surface area contributed by atoms with Crippen molar-refractivity contribution in [1.29, 1.82) is 0 Å². The summed E-state index contributed by atoms with van der Waals surface area (Å²) >= 11 is 5.83. The molecule has 5 heteroatoms. The quantitative estimate of drug-likeness (QED) is 0.551. The average molecular weight is 211 g/mol. The predicted octanol–water partition coefficient (Wildman–Crippen LogP) is 1.29. The lowest BCUT2D eigenvalue weighted by Crippen LogP contribution is -2.99. The topological polar surface area (TPSA) is 60.6 Å². The molecule has 2 rings (SSSR count). The second-order valence-electron chi connectivity index (χ2n) is 2.84. The fourth-order valence-corrected chi connectivity index (χ4v) is 1.49. The van der Waals surface area contributed by atoms with Gasteiger partial charge in [0.05, 0.1) is 0 Å². The van der Waals surface area contributed by atoms with Gasteiger partial charge >= 0.3 is 0 Å². The molecule has 2 N–H and O–H groups in total. The SMILES string of the molecule is [O-][NH+](O)c1ccc2ccnc(Cl)c2c1. The first kappa shape index (κ1) is 9.36. The number of halogens is 1. The van der Waals surface area contributed by atoms with Crippen LogP contribution in [0.5, 0.6) is 0 Å². The van der Waals surface area contributed by atoms with Crippen molar-refractivity contribution in [2.75, 3.05) is 0 Å². The van der Waals surface area contributed by atoms with Crippen molar-refractivity contribution in [2.24, 2.45) is 0 Å². The van der Waals surface area contributed by atoms with Gasteiger partial charge in [-0.1, -0.05) is 11.6 Å². The van der Waals surface area contributed by atoms with Gasteiger partial charge in [0.1, 0.15) is 5.15 Å². The van der Waals surface area contributed by atoms with Gasteiger partial charge in [-0.15, -0.1) is 0 Å². The standard InChI is InChI=1S/C9H7ClN2O2/c10-9-8-5-7(12(13)14)2-1-6(8)3-4-11-9/h1-5,12-13H. The molecule has 0 aliphatic rings. The maximum absolute atomic E-state index is 10.7. The Morgan fingerprint density at radius 1 is 1.36 bits per heavy atom. The van der Waals surface area contributed by atoms with Crippen LogP contribution in [0.1, 0.15) is 0 Å². The lowest BCUT2D eigenvalue weighted by Gasteiger charge is -2.11. The first-order valence-electron chi connectivity index (χ1n) is 3.96. The molecule has 1 aromatic carbocycles. The van der Waals surface area contributed by atoms with E-state index in [4.69, 9.17) is 16.8 Å². The van der Waals surface area contributed by atoms with Crippen LogP contribution in [0.15, 0.2) is 30.5 Å². The van der Waals surface area contributed by atoms with Crippen molar-refractivity contribution in [2.45, 2.75) is 0 Å². The van der Waals surface area contributed by atoms with Gasteiger partial charge in [0.2, 0.25) is 0 Å². The number of fused-ring (bicyclic) bond motifs is 1. The lowest BCUT2D eigenvalue weighted by atomic mass is 10.1. The Balaban J connectivity index is 2.70. The Bertz CT molecular complexity index is 473. The molecule has 14 heavy (non-hydrogen) atoms. The van der Waals surface area contributed by atoms with Crippen LogP contribution in [0.25, 0.3) is 10.8 Å². The Labute approximate surface area is 84.9 Å². The molecule has 2 aromatic rings. The van der Waals surface area contributed by atoms with Crippen LogP contribution in [0, 0.1) is 5.21 Å². The summed E-state index contributed by atoms with van der Waals surface area (Å²) < 4.78 is 0. The van der Waals surface area contributed by atoms with Gasteiger partial charge in [-0.2, -0.15) is 5.23 Å². The predicted molar refractivity (Wildman–Crippen MR) is 52.5 cm³/mol. The van der Waals surface area contributed by atoms with Gasteiger partial charge in [-0.3, -0.25) is 0 Å². The van der Waals surface area contributed by atoms with E-state index in [1.54, 1.807) is 24.4 Å². The van der Waals surface area contributed by atoms with Gasteiger partial charge in [-0.05, 0) is 17.5 Å². The number of aromatic nitrogens is 1. The van der Waals surface area contributed by atoms with Crippen molar-refractivity contribution in [3.8, 4) is 0 Å². The molecule has 1 aromatic heterocycles. The van der Waals surface area contributed by atoms with E-state index in [1.807, 2.05) is 0 Å². The number of nitrogens with one attached hydrogen (secondary N) is 1. The molecule has 4 nitrogen and oxygen atoms in total. The summed E-state index contributed by atoms with van der Waals surface area (Å²) in [6.45, 7) is 0. The minimum absolute atomic E-state index is 0.215. The van der Waals surface area contributed by atoms with E-state index in [0.29, 0.717) is 10.5 Å². The number of benzene rings is 1. The van der Waals surface area contributed by atoms with Crippen LogP contribution in [0.4, 0.5) is 5.69 Å². The highest BCUT2D eigenvalue weighted by Crippen LogP contribution is 2.22. The van der Waals surface area contributed by atoms with E-state index >= 15 is 0 Å². The number of hydrogen-bond acceptors (Lipinski definition) is 3. The Morgan fingerprint density at radius 2 is 2.14 bits per heavy atom. The minimum atomic E-state index is -0.966. The maximum Gasteiger partial charge on any atom is 0.164 e. The Hall–Kier alpha value is -1.20. The number of quaternary nitrogens is 1. The molecule has 0 saturated carbocycles. The van der Waals surface area contributed by atoms with Crippen LogP contribution in [-0.4, -0.2) is 10.2 Å². The van der Waals surface area contributed by atoms with Gasteiger partial charge < -0.3 is 5.21 Å². The van der Waals surface area contributed by atoms with Crippen LogP contribution in [-0.2, 0) is 0 Å². The number of nitrogens with zero attached hydrogens (tertiary/aromatic N) is 1. The highest BCUT2D eigenvalue weighted by atomic mass is 35.5. The minimum Gasteiger partial charge on any atom is -0.595 e. The summed E-state index contributed by atoms with van der Waals surface area (Å²) in [5.74, 6) is 0. The van der Waals surface area contributed by atoms with Crippen LogP contribution >= 0.6 is 11.6 Å². The van der Waals surface area contributed by atoms with Gasteiger partial charge in [0.25, 0.3) is 0 Å². The number of rotatable bonds is 1. The molecule has 0 amide bonds. The molecule has 0 aliphatic carbocycles. The molecule has 1 unspecified atom stereocenters. The summed E-state index contributed by atoms with van der Waals surface area (Å²) in [7, 11) is 0. The molecule has 1 atom stereocenters. The zero-order valence-electron chi connectivity index (χ0n) is 7.07. The smallest absolute Gasteiger partial charge is 0.164 e. The van der Waals surface area contributed by atoms with Gasteiger partial charge in [-0.25, -0.2) is 10.2 Å². The third kappa shape index (κ3) is 1.56. The van der Waals surface area contributed by atoms with Gasteiger partial charge in [0, 0.05) is 23.7 Å². The van der Waals surface area contributed by atoms with E-state index in [1.165, 1.54) is 6.07 Å². The van der Waals surface area contributed by atoms with E-state index in [2.05, 4.69) is 4.98 Å². The van der Waals surface area contributed by atoms with Crippen molar-refractivity contribution in [1.82, 2.24) is 4.98 Å². The summed E-state index contributed by atoms with van der Waals surface area (Å²) in [6.07, 6.45) is 1.59. The summed E-state index contributed by atoms with van der Waals surface area (Å²) in [5.41, 5.74) is 0.215. The van der Waals surface area contributed by atoms with Crippen molar-refractivity contribution in [3.63, 3.8) is 0 Å². The number of hydrogen-bond donors (Lipinski definition) is 2. The van der Waals surface area contributed by atoms with Crippen LogP contribution in [0.3, 0.4) is 0 Å². The molecular formula is C9H7ClN2O2. The zero-order valence-corrected chi connectivity index (χ0v) is 7.82. The normalized spacial score (nSPS) is 13.1. The fraction of sp³-hybridized carbons (Fsp3) is 0. The highest BCUT2D eigenvalue weighted by molar-refractivity contribution is 6.34. The third-order valence-electron chi connectivity index (χ3n) is 1.96.